The highest BCUT2D eigenvalue weighted by molar-refractivity contribution is 5.82. The number of anilines is 3. The molecule has 7 N–H and O–H groups in total. The van der Waals surface area contributed by atoms with Gasteiger partial charge in [-0.25, -0.2) is 4.57 Å². The molecule has 130 valence electrons. The normalized spacial score (nSPS) is 11.0. The highest BCUT2D eigenvalue weighted by Crippen LogP contribution is 2.21. The molecule has 7 heteroatoms. The number of aromatic amines is 1. The van der Waals surface area contributed by atoms with Crippen molar-refractivity contribution in [2.75, 3.05) is 11.1 Å². The number of hydrogen-bond donors (Lipinski definition) is 4. The summed E-state index contributed by atoms with van der Waals surface area (Å²) in [6, 6.07) is 15.9. The molecular formula is C19H21N7+2. The summed E-state index contributed by atoms with van der Waals surface area (Å²) in [4.78, 5) is 12.1. The van der Waals surface area contributed by atoms with Gasteiger partial charge in [-0.1, -0.05) is 23.2 Å². The van der Waals surface area contributed by atoms with Crippen molar-refractivity contribution in [1.29, 1.82) is 0 Å². The Balaban J connectivity index is 1.57. The van der Waals surface area contributed by atoms with Crippen LogP contribution in [-0.2, 0) is 13.0 Å². The summed E-state index contributed by atoms with van der Waals surface area (Å²) >= 11 is 0. The number of fused-ring (bicyclic) bond motifs is 1. The van der Waals surface area contributed by atoms with Gasteiger partial charge in [-0.15, -0.1) is 0 Å². The SMILES string of the molecule is Nc1cccc(Nc2ncnc3c2[nH]c[n+]3CCc2ccc([NH3+])cc2)c1. The van der Waals surface area contributed by atoms with Crippen molar-refractivity contribution >= 4 is 34.0 Å². The number of aromatic nitrogens is 4. The van der Waals surface area contributed by atoms with Crippen LogP contribution in [0.5, 0.6) is 0 Å². The molecule has 0 atom stereocenters. The number of nitrogens with one attached hydrogen (secondary N) is 2. The van der Waals surface area contributed by atoms with E-state index in [0.717, 1.165) is 41.3 Å². The predicted molar refractivity (Wildman–Crippen MR) is 101 cm³/mol. The fraction of sp³-hybridized carbons (Fsp3) is 0.105. The van der Waals surface area contributed by atoms with Gasteiger partial charge in [-0.2, -0.15) is 4.98 Å². The quantitative estimate of drug-likeness (QED) is 0.325. The number of rotatable bonds is 5. The largest absolute Gasteiger partial charge is 0.399 e. The Bertz CT molecular complexity index is 1040. The number of nitrogens with two attached hydrogens (primary N) is 1. The van der Waals surface area contributed by atoms with Crippen LogP contribution in [0.1, 0.15) is 5.56 Å². The number of aryl methyl sites for hydroxylation is 2. The Morgan fingerprint density at radius 3 is 2.77 bits per heavy atom. The fourth-order valence-corrected chi connectivity index (χ4v) is 2.90. The maximum Gasteiger partial charge on any atom is 0.307 e. The number of hydrogen-bond acceptors (Lipinski definition) is 4. The Kier molecular flexibility index (Phi) is 4.20. The van der Waals surface area contributed by atoms with Crippen LogP contribution in [0, 0.1) is 0 Å². The van der Waals surface area contributed by atoms with E-state index in [2.05, 4.69) is 42.7 Å². The second-order valence-electron chi connectivity index (χ2n) is 6.20. The van der Waals surface area contributed by atoms with Crippen molar-refractivity contribution in [3.05, 3.63) is 66.7 Å². The Labute approximate surface area is 150 Å². The lowest BCUT2D eigenvalue weighted by atomic mass is 10.1. The lowest BCUT2D eigenvalue weighted by molar-refractivity contribution is -0.672. The van der Waals surface area contributed by atoms with Crippen LogP contribution in [0.3, 0.4) is 0 Å². The number of nitrogens with zero attached hydrogens (tertiary/aromatic N) is 3. The van der Waals surface area contributed by atoms with Gasteiger partial charge >= 0.3 is 5.65 Å². The van der Waals surface area contributed by atoms with Gasteiger partial charge in [0.05, 0.1) is 6.54 Å². The molecule has 0 saturated carbocycles. The van der Waals surface area contributed by atoms with Crippen LogP contribution in [0.25, 0.3) is 11.2 Å². The number of benzene rings is 2. The minimum atomic E-state index is 0.704. The van der Waals surface area contributed by atoms with Crippen LogP contribution in [0.4, 0.5) is 22.9 Å². The van der Waals surface area contributed by atoms with Crippen molar-refractivity contribution in [3.8, 4) is 0 Å². The first-order chi connectivity index (χ1) is 12.7. The second-order valence-corrected chi connectivity index (χ2v) is 6.20. The summed E-state index contributed by atoms with van der Waals surface area (Å²) in [5.41, 5.74) is 15.4. The average Bonchev–Trinajstić information content (AvgIpc) is 3.06. The fourth-order valence-electron chi connectivity index (χ4n) is 2.90. The van der Waals surface area contributed by atoms with Crippen LogP contribution >= 0.6 is 0 Å². The summed E-state index contributed by atoms with van der Waals surface area (Å²) in [6.07, 6.45) is 4.42. The number of imidazole rings is 1. The summed E-state index contributed by atoms with van der Waals surface area (Å²) < 4.78 is 2.10. The molecule has 2 aromatic carbocycles. The van der Waals surface area contributed by atoms with Crippen LogP contribution in [0.2, 0.25) is 0 Å². The molecule has 0 saturated heterocycles. The zero-order chi connectivity index (χ0) is 17.9. The number of nitrogen functional groups attached to an aromatic ring is 1. The van der Waals surface area contributed by atoms with Gasteiger partial charge in [-0.05, 0) is 35.9 Å². The predicted octanol–water partition coefficient (Wildman–Crippen LogP) is 1.69. The Morgan fingerprint density at radius 2 is 1.96 bits per heavy atom. The first-order valence-electron chi connectivity index (χ1n) is 8.44. The Morgan fingerprint density at radius 1 is 1.12 bits per heavy atom. The summed E-state index contributed by atoms with van der Waals surface area (Å²) in [7, 11) is 0. The highest BCUT2D eigenvalue weighted by Gasteiger charge is 2.16. The van der Waals surface area contributed by atoms with Gasteiger partial charge in [0.15, 0.2) is 18.5 Å². The van der Waals surface area contributed by atoms with E-state index in [0.29, 0.717) is 5.69 Å². The maximum atomic E-state index is 5.84. The topological polar surface area (TPSA) is 111 Å². The van der Waals surface area contributed by atoms with Gasteiger partial charge in [0.25, 0.3) is 0 Å². The molecule has 0 radical (unpaired) electrons. The molecule has 7 nitrogen and oxygen atoms in total. The Hall–Kier alpha value is -3.45. The molecule has 0 amide bonds. The molecule has 0 spiro atoms. The van der Waals surface area contributed by atoms with Crippen molar-refractivity contribution in [2.45, 2.75) is 13.0 Å². The third-order valence-corrected chi connectivity index (χ3v) is 4.28. The molecule has 0 aliphatic carbocycles. The molecule has 0 unspecified atom stereocenters. The van der Waals surface area contributed by atoms with Crippen molar-refractivity contribution in [2.24, 2.45) is 0 Å². The maximum absolute atomic E-state index is 5.84. The molecule has 0 fully saturated rings. The lowest BCUT2D eigenvalue weighted by Gasteiger charge is -2.05. The van der Waals surface area contributed by atoms with Gasteiger partial charge in [0.1, 0.15) is 5.69 Å². The molecule has 0 bridgehead atoms. The molecule has 2 heterocycles. The minimum absolute atomic E-state index is 0.704. The smallest absolute Gasteiger partial charge is 0.307 e. The summed E-state index contributed by atoms with van der Waals surface area (Å²) in [5, 5.41) is 3.30. The molecule has 4 aromatic rings. The highest BCUT2D eigenvalue weighted by atomic mass is 15.1. The van der Waals surface area contributed by atoms with E-state index in [1.165, 1.54) is 5.56 Å². The standard InChI is InChI=1S/C19H19N7/c20-14-6-4-13(5-7-14)8-9-26-12-24-17-18(22-11-23-19(17)26)25-16-3-1-2-15(21)10-16/h1-7,10-12H,8-9,20-21H2,(H,22,23,25)/p+2. The third kappa shape index (κ3) is 3.33. The van der Waals surface area contributed by atoms with Crippen molar-refractivity contribution in [3.63, 3.8) is 0 Å². The van der Waals surface area contributed by atoms with E-state index >= 15 is 0 Å². The third-order valence-electron chi connectivity index (χ3n) is 4.28. The van der Waals surface area contributed by atoms with Crippen LogP contribution < -0.4 is 21.4 Å². The average molecular weight is 347 g/mol. The van der Waals surface area contributed by atoms with Gasteiger partial charge < -0.3 is 16.8 Å². The van der Waals surface area contributed by atoms with Gasteiger partial charge in [0.2, 0.25) is 5.52 Å². The first-order valence-corrected chi connectivity index (χ1v) is 8.44. The molecule has 4 rings (SSSR count). The number of quaternary nitrogens is 1. The van der Waals surface area contributed by atoms with E-state index in [9.17, 15) is 0 Å². The molecule has 0 aliphatic rings. The van der Waals surface area contributed by atoms with E-state index in [1.807, 2.05) is 42.7 Å². The monoisotopic (exact) mass is 347 g/mol. The van der Waals surface area contributed by atoms with Crippen molar-refractivity contribution < 1.29 is 10.3 Å². The summed E-state index contributed by atoms with van der Waals surface area (Å²) in [5.74, 6) is 0.723. The second kappa shape index (κ2) is 6.81. The van der Waals surface area contributed by atoms with E-state index < -0.39 is 0 Å². The molecular weight excluding hydrogens is 326 g/mol. The van der Waals surface area contributed by atoms with E-state index in [-0.39, 0.29) is 0 Å². The van der Waals surface area contributed by atoms with E-state index in [1.54, 1.807) is 6.33 Å². The molecule has 0 aliphatic heterocycles. The number of H-pyrrole nitrogens is 1. The zero-order valence-electron chi connectivity index (χ0n) is 14.3. The van der Waals surface area contributed by atoms with Crippen LogP contribution in [-0.4, -0.2) is 15.0 Å². The summed E-state index contributed by atoms with van der Waals surface area (Å²) in [6.45, 7) is 0.825. The van der Waals surface area contributed by atoms with E-state index in [4.69, 9.17) is 5.73 Å². The first kappa shape index (κ1) is 16.0. The zero-order valence-corrected chi connectivity index (χ0v) is 14.3. The lowest BCUT2D eigenvalue weighted by Crippen LogP contribution is -2.40. The molecule has 2 aromatic heterocycles. The minimum Gasteiger partial charge on any atom is -0.399 e. The van der Waals surface area contributed by atoms with Crippen LogP contribution in [0.15, 0.2) is 61.2 Å². The van der Waals surface area contributed by atoms with Crippen molar-refractivity contribution in [1.82, 2.24) is 15.0 Å². The van der Waals surface area contributed by atoms with Gasteiger partial charge in [-0.3, -0.25) is 4.98 Å². The van der Waals surface area contributed by atoms with Gasteiger partial charge in [0, 0.05) is 17.8 Å². The molecule has 26 heavy (non-hydrogen) atoms.